The van der Waals surface area contributed by atoms with Crippen molar-refractivity contribution >= 4 is 5.91 Å². The minimum Gasteiger partial charge on any atom is -0.394 e. The van der Waals surface area contributed by atoms with Gasteiger partial charge in [0.25, 0.3) is 0 Å². The van der Waals surface area contributed by atoms with Crippen LogP contribution in [-0.4, -0.2) is 57.3 Å². The molecule has 0 aromatic rings. The zero-order chi connectivity index (χ0) is 28.3. The van der Waals surface area contributed by atoms with Crippen LogP contribution in [0.3, 0.4) is 0 Å². The first-order valence-corrected chi connectivity index (χ1v) is 16.1. The van der Waals surface area contributed by atoms with Crippen LogP contribution in [0, 0.1) is 0 Å². The van der Waals surface area contributed by atoms with Gasteiger partial charge in [0, 0.05) is 0 Å². The van der Waals surface area contributed by atoms with Gasteiger partial charge < -0.3 is 25.7 Å². The fraction of sp³-hybridized carbons (Fsp3) is 0.906. The molecule has 0 saturated heterocycles. The van der Waals surface area contributed by atoms with Crippen LogP contribution in [0.4, 0.5) is 0 Å². The molecule has 6 nitrogen and oxygen atoms in total. The van der Waals surface area contributed by atoms with Gasteiger partial charge in [-0.2, -0.15) is 0 Å². The van der Waals surface area contributed by atoms with E-state index in [1.165, 1.54) is 83.5 Å². The Balaban J connectivity index is 3.68. The van der Waals surface area contributed by atoms with Gasteiger partial charge in [0.2, 0.25) is 5.91 Å². The lowest BCUT2D eigenvalue weighted by molar-refractivity contribution is -0.132. The van der Waals surface area contributed by atoms with E-state index in [0.717, 1.165) is 44.9 Å². The van der Waals surface area contributed by atoms with Crippen molar-refractivity contribution in [2.75, 3.05) is 6.61 Å². The molecule has 5 N–H and O–H groups in total. The van der Waals surface area contributed by atoms with E-state index in [9.17, 15) is 25.2 Å². The fourth-order valence-electron chi connectivity index (χ4n) is 4.81. The Hall–Kier alpha value is -0.950. The van der Waals surface area contributed by atoms with Crippen molar-refractivity contribution in [3.05, 3.63) is 12.2 Å². The molecular weight excluding hydrogens is 478 g/mol. The second-order valence-electron chi connectivity index (χ2n) is 11.2. The molecule has 0 heterocycles. The summed E-state index contributed by atoms with van der Waals surface area (Å²) in [5.41, 5.74) is 0. The number of allylic oxidation sites excluding steroid dienone is 2. The normalized spacial score (nSPS) is 15.0. The Labute approximate surface area is 234 Å². The third kappa shape index (κ3) is 21.9. The first-order chi connectivity index (χ1) is 18.5. The summed E-state index contributed by atoms with van der Waals surface area (Å²) in [7, 11) is 0. The van der Waals surface area contributed by atoms with Crippen molar-refractivity contribution in [1.29, 1.82) is 0 Å². The van der Waals surface area contributed by atoms with Crippen molar-refractivity contribution in [3.8, 4) is 0 Å². The molecule has 0 saturated carbocycles. The van der Waals surface area contributed by atoms with E-state index < -0.39 is 36.9 Å². The lowest BCUT2D eigenvalue weighted by Crippen LogP contribution is -2.53. The smallest absolute Gasteiger partial charge is 0.249 e. The highest BCUT2D eigenvalue weighted by Gasteiger charge is 2.28. The maximum absolute atomic E-state index is 12.3. The number of hydrogen-bond donors (Lipinski definition) is 5. The van der Waals surface area contributed by atoms with Crippen LogP contribution >= 0.6 is 0 Å². The van der Waals surface area contributed by atoms with Gasteiger partial charge in [0.05, 0.1) is 18.8 Å². The highest BCUT2D eigenvalue weighted by atomic mass is 16.3. The standard InChI is InChI=1S/C32H63NO5/c1-3-5-7-8-9-10-11-12-13-14-15-16-17-18-19-20-21-22-24-26-30(36)32(38)33-28(27-34)31(37)29(35)25-23-6-4-2/h15-16,28-31,34-37H,3-14,17-27H2,1-2H3,(H,33,38)/b16-15-. The Morgan fingerprint density at radius 2 is 1.05 bits per heavy atom. The fourth-order valence-corrected chi connectivity index (χ4v) is 4.81. The lowest BCUT2D eigenvalue weighted by atomic mass is 10.00. The third-order valence-corrected chi connectivity index (χ3v) is 7.48. The first kappa shape index (κ1) is 37.0. The van der Waals surface area contributed by atoms with E-state index in [1.807, 2.05) is 0 Å². The summed E-state index contributed by atoms with van der Waals surface area (Å²) < 4.78 is 0. The summed E-state index contributed by atoms with van der Waals surface area (Å²) in [4.78, 5) is 12.3. The zero-order valence-electron chi connectivity index (χ0n) is 24.9. The SMILES string of the molecule is CCCCCCCCCCC/C=C\CCCCCCCCC(O)C(=O)NC(CO)C(O)C(O)CCCCC. The topological polar surface area (TPSA) is 110 Å². The molecule has 0 aromatic carbocycles. The molecule has 38 heavy (non-hydrogen) atoms. The van der Waals surface area contributed by atoms with Gasteiger partial charge in [-0.1, -0.05) is 129 Å². The Morgan fingerprint density at radius 3 is 1.55 bits per heavy atom. The van der Waals surface area contributed by atoms with Crippen molar-refractivity contribution < 1.29 is 25.2 Å². The largest absolute Gasteiger partial charge is 0.394 e. The molecular formula is C32H63NO5. The molecule has 0 aliphatic carbocycles. The third-order valence-electron chi connectivity index (χ3n) is 7.48. The van der Waals surface area contributed by atoms with Crippen molar-refractivity contribution in [2.45, 2.75) is 179 Å². The molecule has 0 bridgehead atoms. The average molecular weight is 542 g/mol. The van der Waals surface area contributed by atoms with E-state index >= 15 is 0 Å². The molecule has 4 atom stereocenters. The van der Waals surface area contributed by atoms with Gasteiger partial charge in [-0.25, -0.2) is 0 Å². The van der Waals surface area contributed by atoms with Gasteiger partial charge in [-0.3, -0.25) is 4.79 Å². The lowest BCUT2D eigenvalue weighted by Gasteiger charge is -2.27. The molecule has 0 aromatic heterocycles. The minimum atomic E-state index is -1.25. The maximum Gasteiger partial charge on any atom is 0.249 e. The summed E-state index contributed by atoms with van der Waals surface area (Å²) in [6, 6.07) is -0.979. The molecule has 6 heteroatoms. The van der Waals surface area contributed by atoms with Gasteiger partial charge >= 0.3 is 0 Å². The molecule has 0 radical (unpaired) electrons. The average Bonchev–Trinajstić information content (AvgIpc) is 2.92. The van der Waals surface area contributed by atoms with Crippen LogP contribution in [0.25, 0.3) is 0 Å². The molecule has 0 aliphatic heterocycles. The first-order valence-electron chi connectivity index (χ1n) is 16.1. The molecule has 0 aliphatic rings. The van der Waals surface area contributed by atoms with Gasteiger partial charge in [-0.05, 0) is 38.5 Å². The number of aliphatic hydroxyl groups excluding tert-OH is 4. The molecule has 0 fully saturated rings. The van der Waals surface area contributed by atoms with E-state index in [2.05, 4.69) is 31.3 Å². The van der Waals surface area contributed by atoms with Crippen LogP contribution in [-0.2, 0) is 4.79 Å². The molecule has 4 unspecified atom stereocenters. The number of aliphatic hydroxyl groups is 4. The second kappa shape index (κ2) is 27.6. The summed E-state index contributed by atoms with van der Waals surface area (Å²) in [5, 5.41) is 42.5. The van der Waals surface area contributed by atoms with Crippen LogP contribution in [0.5, 0.6) is 0 Å². The van der Waals surface area contributed by atoms with Gasteiger partial charge in [-0.15, -0.1) is 0 Å². The van der Waals surface area contributed by atoms with E-state index in [4.69, 9.17) is 0 Å². The number of unbranched alkanes of at least 4 members (excludes halogenated alkanes) is 17. The predicted molar refractivity (Wildman–Crippen MR) is 159 cm³/mol. The molecule has 226 valence electrons. The Morgan fingerprint density at radius 1 is 0.632 bits per heavy atom. The van der Waals surface area contributed by atoms with E-state index in [-0.39, 0.29) is 0 Å². The van der Waals surface area contributed by atoms with Crippen molar-refractivity contribution in [3.63, 3.8) is 0 Å². The highest BCUT2D eigenvalue weighted by Crippen LogP contribution is 2.13. The quantitative estimate of drug-likeness (QED) is 0.0557. The molecule has 0 spiro atoms. The summed E-state index contributed by atoms with van der Waals surface area (Å²) in [6.45, 7) is 3.84. The number of carbonyl (C=O) groups is 1. The monoisotopic (exact) mass is 541 g/mol. The van der Waals surface area contributed by atoms with Crippen LogP contribution in [0.15, 0.2) is 12.2 Å². The number of hydrogen-bond acceptors (Lipinski definition) is 5. The van der Waals surface area contributed by atoms with E-state index in [1.54, 1.807) is 0 Å². The zero-order valence-corrected chi connectivity index (χ0v) is 24.9. The van der Waals surface area contributed by atoms with E-state index in [0.29, 0.717) is 12.8 Å². The van der Waals surface area contributed by atoms with Crippen molar-refractivity contribution in [1.82, 2.24) is 5.32 Å². The Kier molecular flexibility index (Phi) is 26.9. The second-order valence-corrected chi connectivity index (χ2v) is 11.2. The van der Waals surface area contributed by atoms with Crippen LogP contribution in [0.2, 0.25) is 0 Å². The highest BCUT2D eigenvalue weighted by molar-refractivity contribution is 5.80. The van der Waals surface area contributed by atoms with Crippen LogP contribution in [0.1, 0.15) is 155 Å². The number of rotatable bonds is 28. The van der Waals surface area contributed by atoms with Gasteiger partial charge in [0.15, 0.2) is 0 Å². The molecule has 0 rings (SSSR count). The summed E-state index contributed by atoms with van der Waals surface area (Å²) in [6.07, 6.45) is 26.0. The number of carbonyl (C=O) groups excluding carboxylic acids is 1. The maximum atomic E-state index is 12.3. The summed E-state index contributed by atoms with van der Waals surface area (Å²) >= 11 is 0. The Bertz CT molecular complexity index is 542. The summed E-state index contributed by atoms with van der Waals surface area (Å²) in [5.74, 6) is -0.599. The number of amides is 1. The molecule has 1 amide bonds. The minimum absolute atomic E-state index is 0.362. The number of nitrogens with one attached hydrogen (secondary N) is 1. The predicted octanol–water partition coefficient (Wildman–Crippen LogP) is 6.72. The van der Waals surface area contributed by atoms with Crippen LogP contribution < -0.4 is 5.32 Å². The van der Waals surface area contributed by atoms with Gasteiger partial charge in [0.1, 0.15) is 12.2 Å². The van der Waals surface area contributed by atoms with Crippen molar-refractivity contribution in [2.24, 2.45) is 0 Å².